The first-order valence-corrected chi connectivity index (χ1v) is 8.29. The summed E-state index contributed by atoms with van der Waals surface area (Å²) in [5, 5.41) is 3.19. The molecule has 0 aromatic carbocycles. The van der Waals surface area contributed by atoms with E-state index in [2.05, 4.69) is 29.2 Å². The molecule has 0 radical (unpaired) electrons. The fraction of sp³-hybridized carbons (Fsp3) is 0.938. The Kier molecular flexibility index (Phi) is 5.85. The molecule has 2 fully saturated rings. The topological polar surface area (TPSA) is 35.6 Å². The summed E-state index contributed by atoms with van der Waals surface area (Å²) in [7, 11) is 4.31. The fourth-order valence-electron chi connectivity index (χ4n) is 3.61. The fourth-order valence-corrected chi connectivity index (χ4v) is 3.61. The number of nitrogens with one attached hydrogen (secondary N) is 1. The maximum Gasteiger partial charge on any atom is 0.221 e. The number of likely N-dealkylation sites (tertiary alicyclic amines) is 1. The zero-order valence-electron chi connectivity index (χ0n) is 13.3. The van der Waals surface area contributed by atoms with Gasteiger partial charge in [-0.05, 0) is 52.9 Å². The molecule has 1 N–H and O–H groups in total. The van der Waals surface area contributed by atoms with E-state index >= 15 is 0 Å². The van der Waals surface area contributed by atoms with E-state index in [1.807, 2.05) is 0 Å². The Morgan fingerprint density at radius 1 is 1.10 bits per heavy atom. The number of carbonyl (C=O) groups excluding carboxylic acids is 1. The van der Waals surface area contributed by atoms with Crippen molar-refractivity contribution in [2.75, 3.05) is 40.3 Å². The van der Waals surface area contributed by atoms with E-state index in [9.17, 15) is 4.79 Å². The number of nitrogens with zero attached hydrogens (tertiary/aromatic N) is 2. The van der Waals surface area contributed by atoms with Crippen LogP contribution in [0.3, 0.4) is 0 Å². The van der Waals surface area contributed by atoms with Crippen LogP contribution < -0.4 is 5.32 Å². The van der Waals surface area contributed by atoms with Gasteiger partial charge in [-0.25, -0.2) is 0 Å². The highest BCUT2D eigenvalue weighted by Gasteiger charge is 2.34. The van der Waals surface area contributed by atoms with E-state index in [0.717, 1.165) is 13.1 Å². The van der Waals surface area contributed by atoms with Crippen LogP contribution in [0.25, 0.3) is 0 Å². The third-order valence-electron chi connectivity index (χ3n) is 5.20. The predicted molar refractivity (Wildman–Crippen MR) is 82.8 cm³/mol. The molecule has 1 heterocycles. The lowest BCUT2D eigenvalue weighted by atomic mass is 9.80. The minimum absolute atomic E-state index is 0.196. The lowest BCUT2D eigenvalue weighted by Gasteiger charge is -2.43. The van der Waals surface area contributed by atoms with E-state index in [1.54, 1.807) is 0 Å². The van der Waals surface area contributed by atoms with Gasteiger partial charge in [0.15, 0.2) is 0 Å². The van der Waals surface area contributed by atoms with Crippen molar-refractivity contribution < 1.29 is 4.79 Å². The van der Waals surface area contributed by atoms with Crippen molar-refractivity contribution in [1.82, 2.24) is 15.1 Å². The maximum atomic E-state index is 12.1. The summed E-state index contributed by atoms with van der Waals surface area (Å²) in [5.74, 6) is 0.226. The van der Waals surface area contributed by atoms with Gasteiger partial charge >= 0.3 is 0 Å². The Hall–Kier alpha value is -0.610. The summed E-state index contributed by atoms with van der Waals surface area (Å²) in [6, 6.07) is 0. The average Bonchev–Trinajstić information content (AvgIpc) is 2.97. The molecule has 1 amide bonds. The van der Waals surface area contributed by atoms with Crippen molar-refractivity contribution in [3.8, 4) is 0 Å². The van der Waals surface area contributed by atoms with Gasteiger partial charge in [-0.15, -0.1) is 0 Å². The van der Waals surface area contributed by atoms with E-state index in [-0.39, 0.29) is 11.4 Å². The Labute approximate surface area is 123 Å². The van der Waals surface area contributed by atoms with Gasteiger partial charge < -0.3 is 15.1 Å². The second-order valence-electron chi connectivity index (χ2n) is 6.75. The monoisotopic (exact) mass is 281 g/mol. The number of rotatable bonds is 6. The van der Waals surface area contributed by atoms with Crippen LogP contribution in [-0.2, 0) is 4.79 Å². The number of carbonyl (C=O) groups is 1. The lowest BCUT2D eigenvalue weighted by molar-refractivity contribution is -0.122. The van der Waals surface area contributed by atoms with Gasteiger partial charge in [0.25, 0.3) is 0 Å². The van der Waals surface area contributed by atoms with Crippen LogP contribution in [0, 0.1) is 0 Å². The van der Waals surface area contributed by atoms with Crippen LogP contribution in [0.2, 0.25) is 0 Å². The highest BCUT2D eigenvalue weighted by Crippen LogP contribution is 2.31. The Morgan fingerprint density at radius 2 is 1.75 bits per heavy atom. The molecule has 4 heteroatoms. The molecule has 0 bridgehead atoms. The van der Waals surface area contributed by atoms with Crippen molar-refractivity contribution in [3.05, 3.63) is 0 Å². The van der Waals surface area contributed by atoms with Crippen LogP contribution in [0.4, 0.5) is 0 Å². The van der Waals surface area contributed by atoms with Crippen molar-refractivity contribution in [2.24, 2.45) is 0 Å². The molecule has 2 rings (SSSR count). The quantitative estimate of drug-likeness (QED) is 0.807. The van der Waals surface area contributed by atoms with E-state index < -0.39 is 0 Å². The van der Waals surface area contributed by atoms with Gasteiger partial charge in [0.1, 0.15) is 0 Å². The molecule has 4 nitrogen and oxygen atoms in total. The van der Waals surface area contributed by atoms with Crippen molar-refractivity contribution in [1.29, 1.82) is 0 Å². The summed E-state index contributed by atoms with van der Waals surface area (Å²) in [6.07, 6.45) is 9.61. The smallest absolute Gasteiger partial charge is 0.221 e. The zero-order valence-corrected chi connectivity index (χ0v) is 13.3. The van der Waals surface area contributed by atoms with Crippen LogP contribution in [0.5, 0.6) is 0 Å². The molecule has 0 unspecified atom stereocenters. The Morgan fingerprint density at radius 3 is 2.35 bits per heavy atom. The molecule has 2 aliphatic rings. The first-order chi connectivity index (χ1) is 9.62. The van der Waals surface area contributed by atoms with Gasteiger partial charge in [0, 0.05) is 25.0 Å². The zero-order chi connectivity index (χ0) is 14.4. The van der Waals surface area contributed by atoms with Crippen molar-refractivity contribution in [3.63, 3.8) is 0 Å². The van der Waals surface area contributed by atoms with E-state index in [0.29, 0.717) is 6.42 Å². The van der Waals surface area contributed by atoms with Crippen molar-refractivity contribution >= 4 is 5.91 Å². The molecule has 1 saturated heterocycles. The summed E-state index contributed by atoms with van der Waals surface area (Å²) >= 11 is 0. The van der Waals surface area contributed by atoms with Crippen molar-refractivity contribution in [2.45, 2.75) is 56.9 Å². The lowest BCUT2D eigenvalue weighted by Crippen LogP contribution is -2.54. The number of amides is 1. The first kappa shape index (κ1) is 15.8. The number of hydrogen-bond acceptors (Lipinski definition) is 3. The molecule has 1 saturated carbocycles. The molecular formula is C16H31N3O. The second-order valence-corrected chi connectivity index (χ2v) is 6.75. The summed E-state index contributed by atoms with van der Waals surface area (Å²) in [6.45, 7) is 4.10. The predicted octanol–water partition coefficient (Wildman–Crippen LogP) is 1.85. The largest absolute Gasteiger partial charge is 0.354 e. The molecule has 0 aromatic rings. The summed E-state index contributed by atoms with van der Waals surface area (Å²) < 4.78 is 0. The van der Waals surface area contributed by atoms with Crippen LogP contribution in [-0.4, -0.2) is 61.5 Å². The summed E-state index contributed by atoms with van der Waals surface area (Å²) in [4.78, 5) is 16.8. The van der Waals surface area contributed by atoms with Crippen LogP contribution in [0.15, 0.2) is 0 Å². The molecule has 1 aliphatic heterocycles. The molecule has 116 valence electrons. The molecular weight excluding hydrogens is 250 g/mol. The third-order valence-corrected chi connectivity index (χ3v) is 5.20. The standard InChI is InChI=1S/C16H31N3O/c1-18(2)16(9-4-3-5-10-16)14-17-15(20)8-13-19-11-6-7-12-19/h3-14H2,1-2H3,(H,17,20). The maximum absolute atomic E-state index is 12.1. The normalized spacial score (nSPS) is 23.1. The first-order valence-electron chi connectivity index (χ1n) is 8.29. The Bertz CT molecular complexity index is 305. The summed E-state index contributed by atoms with van der Waals surface area (Å²) in [5.41, 5.74) is 0.196. The molecule has 20 heavy (non-hydrogen) atoms. The van der Waals surface area contributed by atoms with E-state index in [1.165, 1.54) is 58.0 Å². The minimum atomic E-state index is 0.196. The van der Waals surface area contributed by atoms with Gasteiger partial charge in [-0.1, -0.05) is 19.3 Å². The molecule has 0 aromatic heterocycles. The van der Waals surface area contributed by atoms with Gasteiger partial charge in [-0.3, -0.25) is 4.79 Å². The van der Waals surface area contributed by atoms with E-state index in [4.69, 9.17) is 0 Å². The minimum Gasteiger partial charge on any atom is -0.354 e. The van der Waals surface area contributed by atoms with Gasteiger partial charge in [-0.2, -0.15) is 0 Å². The number of hydrogen-bond donors (Lipinski definition) is 1. The SMILES string of the molecule is CN(C)C1(CNC(=O)CCN2CCCC2)CCCCC1. The molecule has 1 aliphatic carbocycles. The van der Waals surface area contributed by atoms with Crippen LogP contribution >= 0.6 is 0 Å². The average molecular weight is 281 g/mol. The van der Waals surface area contributed by atoms with Crippen LogP contribution in [0.1, 0.15) is 51.4 Å². The molecule has 0 spiro atoms. The second kappa shape index (κ2) is 7.41. The Balaban J connectivity index is 1.72. The third kappa shape index (κ3) is 4.19. The van der Waals surface area contributed by atoms with Gasteiger partial charge in [0.2, 0.25) is 5.91 Å². The van der Waals surface area contributed by atoms with Gasteiger partial charge in [0.05, 0.1) is 0 Å². The highest BCUT2D eigenvalue weighted by atomic mass is 16.1. The highest BCUT2D eigenvalue weighted by molar-refractivity contribution is 5.76. The number of likely N-dealkylation sites (N-methyl/N-ethyl adjacent to an activating group) is 1. The molecule has 0 atom stereocenters.